The van der Waals surface area contributed by atoms with E-state index in [2.05, 4.69) is 0 Å². The SMILES string of the molecule is CN(C(=O)OC(C)(C)C)C(=O)[C@@H](N)Cc1ccccc1. The maximum Gasteiger partial charge on any atom is 0.416 e. The molecule has 0 bridgehead atoms. The van der Waals surface area contributed by atoms with Gasteiger partial charge in [-0.3, -0.25) is 4.79 Å². The molecule has 0 aliphatic heterocycles. The van der Waals surface area contributed by atoms with E-state index in [4.69, 9.17) is 10.5 Å². The number of carbonyl (C=O) groups excluding carboxylic acids is 2. The van der Waals surface area contributed by atoms with Crippen LogP contribution in [0.2, 0.25) is 0 Å². The maximum atomic E-state index is 12.1. The third kappa shape index (κ3) is 5.01. The molecule has 5 heteroatoms. The molecule has 0 heterocycles. The fraction of sp³-hybridized carbons (Fsp3) is 0.467. The number of ether oxygens (including phenoxy) is 1. The highest BCUT2D eigenvalue weighted by Gasteiger charge is 2.27. The summed E-state index contributed by atoms with van der Waals surface area (Å²) in [4.78, 5) is 24.8. The number of carbonyl (C=O) groups is 2. The zero-order chi connectivity index (χ0) is 15.3. The Labute approximate surface area is 119 Å². The molecule has 1 atom stereocenters. The Morgan fingerprint density at radius 3 is 2.30 bits per heavy atom. The number of rotatable bonds is 3. The van der Waals surface area contributed by atoms with E-state index in [-0.39, 0.29) is 0 Å². The van der Waals surface area contributed by atoms with E-state index in [9.17, 15) is 9.59 Å². The lowest BCUT2D eigenvalue weighted by atomic mass is 10.1. The number of imide groups is 1. The standard InChI is InChI=1S/C15H22N2O3/c1-15(2,3)20-14(19)17(4)13(18)12(16)10-11-8-6-5-7-9-11/h5-9,12H,10,16H2,1-4H3/t12-/m0/s1. The Hall–Kier alpha value is -1.88. The van der Waals surface area contributed by atoms with Gasteiger partial charge in [-0.2, -0.15) is 0 Å². The van der Waals surface area contributed by atoms with Crippen molar-refractivity contribution in [1.29, 1.82) is 0 Å². The van der Waals surface area contributed by atoms with Gasteiger partial charge in [-0.15, -0.1) is 0 Å². The average molecular weight is 278 g/mol. The van der Waals surface area contributed by atoms with Crippen molar-refractivity contribution in [3.8, 4) is 0 Å². The largest absolute Gasteiger partial charge is 0.443 e. The summed E-state index contributed by atoms with van der Waals surface area (Å²) in [5.74, 6) is -0.455. The highest BCUT2D eigenvalue weighted by Crippen LogP contribution is 2.10. The van der Waals surface area contributed by atoms with Gasteiger partial charge in [-0.05, 0) is 32.8 Å². The molecule has 0 spiro atoms. The lowest BCUT2D eigenvalue weighted by Gasteiger charge is -2.25. The number of amides is 2. The summed E-state index contributed by atoms with van der Waals surface area (Å²) in [6, 6.07) is 8.66. The van der Waals surface area contributed by atoms with Crippen LogP contribution in [0.3, 0.4) is 0 Å². The number of nitrogens with two attached hydrogens (primary N) is 1. The molecule has 2 N–H and O–H groups in total. The minimum atomic E-state index is -0.769. The minimum Gasteiger partial charge on any atom is -0.443 e. The van der Waals surface area contributed by atoms with Crippen LogP contribution in [0.5, 0.6) is 0 Å². The number of hydrogen-bond acceptors (Lipinski definition) is 4. The fourth-order valence-corrected chi connectivity index (χ4v) is 1.62. The van der Waals surface area contributed by atoms with Crippen molar-refractivity contribution >= 4 is 12.0 Å². The monoisotopic (exact) mass is 278 g/mol. The van der Waals surface area contributed by atoms with Crippen molar-refractivity contribution in [1.82, 2.24) is 4.90 Å². The summed E-state index contributed by atoms with van der Waals surface area (Å²) in [6.45, 7) is 5.23. The number of benzene rings is 1. The van der Waals surface area contributed by atoms with Crippen molar-refractivity contribution in [3.05, 3.63) is 35.9 Å². The Morgan fingerprint density at radius 2 is 1.80 bits per heavy atom. The van der Waals surface area contributed by atoms with Crippen LogP contribution in [0.25, 0.3) is 0 Å². The molecule has 20 heavy (non-hydrogen) atoms. The summed E-state index contributed by atoms with van der Waals surface area (Å²) in [6.07, 6.45) is -0.307. The molecule has 0 aromatic heterocycles. The van der Waals surface area contributed by atoms with E-state index in [0.717, 1.165) is 10.5 Å². The van der Waals surface area contributed by atoms with Crippen LogP contribution >= 0.6 is 0 Å². The maximum absolute atomic E-state index is 12.1. The van der Waals surface area contributed by atoms with E-state index in [1.165, 1.54) is 7.05 Å². The number of hydrogen-bond donors (Lipinski definition) is 1. The van der Waals surface area contributed by atoms with Gasteiger partial charge in [0.1, 0.15) is 5.60 Å². The normalized spacial score (nSPS) is 12.7. The fourth-order valence-electron chi connectivity index (χ4n) is 1.62. The first-order chi connectivity index (χ1) is 9.20. The number of nitrogens with zero attached hydrogens (tertiary/aromatic N) is 1. The molecule has 2 amide bonds. The molecular weight excluding hydrogens is 256 g/mol. The summed E-state index contributed by atoms with van der Waals surface area (Å²) in [5.41, 5.74) is 6.16. The van der Waals surface area contributed by atoms with E-state index < -0.39 is 23.6 Å². The molecule has 1 aromatic rings. The molecule has 0 radical (unpaired) electrons. The topological polar surface area (TPSA) is 72.6 Å². The van der Waals surface area contributed by atoms with Gasteiger partial charge in [0.25, 0.3) is 0 Å². The quantitative estimate of drug-likeness (QED) is 0.917. The summed E-state index contributed by atoms with van der Waals surface area (Å²) in [5, 5.41) is 0. The second-order valence-electron chi connectivity index (χ2n) is 5.67. The molecule has 0 saturated carbocycles. The smallest absolute Gasteiger partial charge is 0.416 e. The first kappa shape index (κ1) is 16.2. The molecule has 5 nitrogen and oxygen atoms in total. The van der Waals surface area contributed by atoms with E-state index in [0.29, 0.717) is 6.42 Å². The van der Waals surface area contributed by atoms with Gasteiger partial charge in [0.2, 0.25) is 5.91 Å². The van der Waals surface area contributed by atoms with Crippen molar-refractivity contribution in [2.24, 2.45) is 5.73 Å². The molecule has 0 aliphatic carbocycles. The third-order valence-corrected chi connectivity index (χ3v) is 2.61. The molecule has 1 rings (SSSR count). The van der Waals surface area contributed by atoms with E-state index in [1.54, 1.807) is 20.8 Å². The highest BCUT2D eigenvalue weighted by molar-refractivity contribution is 5.94. The predicted octanol–water partition coefficient (Wildman–Crippen LogP) is 1.95. The predicted molar refractivity (Wildman–Crippen MR) is 77.1 cm³/mol. The average Bonchev–Trinajstić information content (AvgIpc) is 2.36. The van der Waals surface area contributed by atoms with Gasteiger partial charge < -0.3 is 10.5 Å². The Balaban J connectivity index is 2.62. The first-order valence-electron chi connectivity index (χ1n) is 6.51. The van der Waals surface area contributed by atoms with Crippen LogP contribution in [0.15, 0.2) is 30.3 Å². The number of likely N-dealkylation sites (N-methyl/N-ethyl adjacent to an activating group) is 1. The van der Waals surface area contributed by atoms with Gasteiger partial charge in [0.05, 0.1) is 6.04 Å². The Bertz CT molecular complexity index is 466. The molecule has 0 unspecified atom stereocenters. The van der Waals surface area contributed by atoms with Crippen LogP contribution in [-0.4, -0.2) is 35.6 Å². The summed E-state index contributed by atoms with van der Waals surface area (Å²) in [7, 11) is 1.38. The molecule has 110 valence electrons. The van der Waals surface area contributed by atoms with Gasteiger partial charge in [-0.25, -0.2) is 9.69 Å². The molecule has 0 saturated heterocycles. The zero-order valence-electron chi connectivity index (χ0n) is 12.4. The lowest BCUT2D eigenvalue weighted by Crippen LogP contribution is -2.47. The summed E-state index contributed by atoms with van der Waals surface area (Å²) >= 11 is 0. The van der Waals surface area contributed by atoms with Crippen LogP contribution in [0.4, 0.5) is 4.79 Å². The van der Waals surface area contributed by atoms with Gasteiger partial charge >= 0.3 is 6.09 Å². The first-order valence-corrected chi connectivity index (χ1v) is 6.51. The lowest BCUT2D eigenvalue weighted by molar-refractivity contribution is -0.130. The second-order valence-corrected chi connectivity index (χ2v) is 5.67. The van der Waals surface area contributed by atoms with Crippen molar-refractivity contribution in [2.75, 3.05) is 7.05 Å². The van der Waals surface area contributed by atoms with E-state index >= 15 is 0 Å². The molecule has 1 aromatic carbocycles. The third-order valence-electron chi connectivity index (χ3n) is 2.61. The molecule has 0 fully saturated rings. The Kier molecular flexibility index (Phi) is 5.27. The van der Waals surface area contributed by atoms with E-state index in [1.807, 2.05) is 30.3 Å². The van der Waals surface area contributed by atoms with Crippen LogP contribution in [-0.2, 0) is 16.0 Å². The molecule has 0 aliphatic rings. The molecular formula is C15H22N2O3. The zero-order valence-corrected chi connectivity index (χ0v) is 12.4. The summed E-state index contributed by atoms with van der Waals surface area (Å²) < 4.78 is 5.13. The Morgan fingerprint density at radius 1 is 1.25 bits per heavy atom. The second kappa shape index (κ2) is 6.52. The van der Waals surface area contributed by atoms with Crippen molar-refractivity contribution < 1.29 is 14.3 Å². The van der Waals surface area contributed by atoms with Gasteiger partial charge in [0.15, 0.2) is 0 Å². The van der Waals surface area contributed by atoms with Crippen LogP contribution in [0.1, 0.15) is 26.3 Å². The van der Waals surface area contributed by atoms with Crippen molar-refractivity contribution in [2.45, 2.75) is 38.8 Å². The highest BCUT2D eigenvalue weighted by atomic mass is 16.6. The van der Waals surface area contributed by atoms with Gasteiger partial charge in [-0.1, -0.05) is 30.3 Å². The van der Waals surface area contributed by atoms with Crippen molar-refractivity contribution in [3.63, 3.8) is 0 Å². The van der Waals surface area contributed by atoms with Crippen LogP contribution in [0, 0.1) is 0 Å². The minimum absolute atomic E-state index is 0.382. The van der Waals surface area contributed by atoms with Gasteiger partial charge in [0, 0.05) is 7.05 Å². The van der Waals surface area contributed by atoms with Crippen LogP contribution < -0.4 is 5.73 Å².